The highest BCUT2D eigenvalue weighted by molar-refractivity contribution is 8.00. The molecule has 0 saturated heterocycles. The van der Waals surface area contributed by atoms with E-state index in [0.29, 0.717) is 17.3 Å². The van der Waals surface area contributed by atoms with Gasteiger partial charge in [-0.25, -0.2) is 4.79 Å². The zero-order valence-corrected chi connectivity index (χ0v) is 12.3. The molecule has 0 aliphatic rings. The quantitative estimate of drug-likeness (QED) is 0.588. The number of amides is 3. The van der Waals surface area contributed by atoms with Crippen LogP contribution in [0.1, 0.15) is 13.8 Å². The number of benzene rings is 1. The molecule has 1 rings (SSSR count). The average Bonchev–Trinajstić information content (AvgIpc) is 2.32. The van der Waals surface area contributed by atoms with E-state index in [1.807, 2.05) is 0 Å². The molecule has 0 saturated carbocycles. The molecule has 0 spiro atoms. The number of hydrogen-bond donors (Lipinski definition) is 3. The van der Waals surface area contributed by atoms with Gasteiger partial charge in [-0.1, -0.05) is 11.6 Å². The molecular formula is C12H16ClN3O2S. The van der Waals surface area contributed by atoms with Crippen molar-refractivity contribution >= 4 is 41.0 Å². The lowest BCUT2D eigenvalue weighted by Crippen LogP contribution is -2.42. The third kappa shape index (κ3) is 5.00. The maximum atomic E-state index is 11.8. The molecule has 7 heteroatoms. The largest absolute Gasteiger partial charge is 0.398 e. The van der Waals surface area contributed by atoms with Crippen LogP contribution >= 0.6 is 23.4 Å². The molecule has 0 fully saturated rings. The zero-order chi connectivity index (χ0) is 14.4. The Balaban J connectivity index is 2.61. The summed E-state index contributed by atoms with van der Waals surface area (Å²) in [4.78, 5) is 23.7. The molecule has 3 amide bonds. The predicted molar refractivity (Wildman–Crippen MR) is 78.4 cm³/mol. The minimum absolute atomic E-state index is 0.370. The van der Waals surface area contributed by atoms with E-state index in [0.717, 1.165) is 4.90 Å². The molecule has 1 atom stereocenters. The molecule has 0 heterocycles. The van der Waals surface area contributed by atoms with Crippen LogP contribution in [0.5, 0.6) is 0 Å². The lowest BCUT2D eigenvalue weighted by atomic mass is 10.3. The van der Waals surface area contributed by atoms with Crippen molar-refractivity contribution < 1.29 is 9.59 Å². The van der Waals surface area contributed by atoms with E-state index in [-0.39, 0.29) is 5.91 Å². The van der Waals surface area contributed by atoms with E-state index >= 15 is 0 Å². The normalized spacial score (nSPS) is 11.7. The van der Waals surface area contributed by atoms with Crippen molar-refractivity contribution in [1.82, 2.24) is 10.6 Å². The second kappa shape index (κ2) is 7.25. The molecule has 0 radical (unpaired) electrons. The Morgan fingerprint density at radius 2 is 2.16 bits per heavy atom. The summed E-state index contributed by atoms with van der Waals surface area (Å²) < 4.78 is 0. The molecular weight excluding hydrogens is 286 g/mol. The van der Waals surface area contributed by atoms with Crippen LogP contribution in [0, 0.1) is 0 Å². The van der Waals surface area contributed by atoms with Crippen LogP contribution in [0.25, 0.3) is 0 Å². The number of imide groups is 1. The number of nitrogens with two attached hydrogens (primary N) is 1. The summed E-state index contributed by atoms with van der Waals surface area (Å²) in [7, 11) is 0. The number of carbonyl (C=O) groups excluding carboxylic acids is 2. The van der Waals surface area contributed by atoms with E-state index in [1.54, 1.807) is 32.0 Å². The SMILES string of the molecule is CCNC(=O)NC(=O)C(C)Sc1ccc(Cl)cc1N. The van der Waals surface area contributed by atoms with Crippen molar-refractivity contribution in [3.63, 3.8) is 0 Å². The standard InChI is InChI=1S/C12H16ClN3O2S/c1-3-15-12(18)16-11(17)7(2)19-10-5-4-8(13)6-9(10)14/h4-7H,3,14H2,1-2H3,(H2,15,16,17,18). The van der Waals surface area contributed by atoms with Crippen LogP contribution in [0.15, 0.2) is 23.1 Å². The molecule has 5 nitrogen and oxygen atoms in total. The van der Waals surface area contributed by atoms with E-state index in [4.69, 9.17) is 17.3 Å². The van der Waals surface area contributed by atoms with Gasteiger partial charge in [0.1, 0.15) is 0 Å². The van der Waals surface area contributed by atoms with Crippen LogP contribution in [0.3, 0.4) is 0 Å². The summed E-state index contributed by atoms with van der Waals surface area (Å²) in [6.45, 7) is 3.94. The molecule has 1 aromatic rings. The van der Waals surface area contributed by atoms with Gasteiger partial charge in [-0.2, -0.15) is 0 Å². The number of carbonyl (C=O) groups is 2. The molecule has 0 bridgehead atoms. The lowest BCUT2D eigenvalue weighted by molar-refractivity contribution is -0.119. The highest BCUT2D eigenvalue weighted by atomic mass is 35.5. The maximum Gasteiger partial charge on any atom is 0.321 e. The smallest absolute Gasteiger partial charge is 0.321 e. The van der Waals surface area contributed by atoms with Gasteiger partial charge in [0.25, 0.3) is 0 Å². The third-order valence-electron chi connectivity index (χ3n) is 2.22. The average molecular weight is 302 g/mol. The third-order valence-corrected chi connectivity index (χ3v) is 3.65. The predicted octanol–water partition coefficient (Wildman–Crippen LogP) is 2.25. The van der Waals surface area contributed by atoms with Gasteiger partial charge in [-0.05, 0) is 32.0 Å². The van der Waals surface area contributed by atoms with E-state index in [9.17, 15) is 9.59 Å². The Labute approximate surface area is 121 Å². The molecule has 104 valence electrons. The highest BCUT2D eigenvalue weighted by Crippen LogP contribution is 2.30. The van der Waals surface area contributed by atoms with E-state index in [2.05, 4.69) is 10.6 Å². The highest BCUT2D eigenvalue weighted by Gasteiger charge is 2.17. The number of nitrogens with one attached hydrogen (secondary N) is 2. The number of anilines is 1. The summed E-state index contributed by atoms with van der Waals surface area (Å²) in [5, 5.41) is 4.85. The summed E-state index contributed by atoms with van der Waals surface area (Å²) >= 11 is 7.07. The van der Waals surface area contributed by atoms with Crippen LogP contribution in [0.4, 0.5) is 10.5 Å². The number of hydrogen-bond acceptors (Lipinski definition) is 4. The molecule has 0 aliphatic carbocycles. The Morgan fingerprint density at radius 1 is 1.47 bits per heavy atom. The van der Waals surface area contributed by atoms with Gasteiger partial charge in [0.15, 0.2) is 0 Å². The van der Waals surface area contributed by atoms with Crippen molar-refractivity contribution in [3.8, 4) is 0 Å². The van der Waals surface area contributed by atoms with Crippen LogP contribution in [0.2, 0.25) is 5.02 Å². The summed E-state index contributed by atoms with van der Waals surface area (Å²) in [6.07, 6.45) is 0. The molecule has 0 aliphatic heterocycles. The molecule has 19 heavy (non-hydrogen) atoms. The minimum atomic E-state index is -0.496. The van der Waals surface area contributed by atoms with Gasteiger partial charge in [0, 0.05) is 22.2 Å². The Bertz CT molecular complexity index is 482. The molecule has 1 unspecified atom stereocenters. The van der Waals surface area contributed by atoms with Crippen LogP contribution < -0.4 is 16.4 Å². The molecule has 0 aromatic heterocycles. The molecule has 1 aromatic carbocycles. The molecule has 4 N–H and O–H groups in total. The van der Waals surface area contributed by atoms with Crippen LogP contribution in [-0.2, 0) is 4.79 Å². The first-order chi connectivity index (χ1) is 8.93. The van der Waals surface area contributed by atoms with Gasteiger partial charge in [0.2, 0.25) is 5.91 Å². The van der Waals surface area contributed by atoms with Crippen molar-refractivity contribution in [2.75, 3.05) is 12.3 Å². The van der Waals surface area contributed by atoms with Crippen LogP contribution in [-0.4, -0.2) is 23.7 Å². The number of rotatable bonds is 4. The first-order valence-electron chi connectivity index (χ1n) is 5.74. The van der Waals surface area contributed by atoms with Gasteiger partial charge >= 0.3 is 6.03 Å². The van der Waals surface area contributed by atoms with Gasteiger partial charge in [-0.15, -0.1) is 11.8 Å². The topological polar surface area (TPSA) is 84.2 Å². The van der Waals surface area contributed by atoms with Crippen molar-refractivity contribution in [3.05, 3.63) is 23.2 Å². The lowest BCUT2D eigenvalue weighted by Gasteiger charge is -2.12. The number of halogens is 1. The van der Waals surface area contributed by atoms with Gasteiger partial charge in [-0.3, -0.25) is 10.1 Å². The van der Waals surface area contributed by atoms with Crippen molar-refractivity contribution in [2.24, 2.45) is 0 Å². The summed E-state index contributed by atoms with van der Waals surface area (Å²) in [5.74, 6) is -0.370. The zero-order valence-electron chi connectivity index (χ0n) is 10.7. The van der Waals surface area contributed by atoms with E-state index in [1.165, 1.54) is 11.8 Å². The Morgan fingerprint density at radius 3 is 2.74 bits per heavy atom. The summed E-state index contributed by atoms with van der Waals surface area (Å²) in [6, 6.07) is 4.58. The maximum absolute atomic E-state index is 11.8. The van der Waals surface area contributed by atoms with Gasteiger partial charge in [0.05, 0.1) is 5.25 Å². The number of urea groups is 1. The number of thioether (sulfide) groups is 1. The van der Waals surface area contributed by atoms with Crippen molar-refractivity contribution in [1.29, 1.82) is 0 Å². The second-order valence-corrected chi connectivity index (χ2v) is 5.61. The minimum Gasteiger partial charge on any atom is -0.398 e. The first-order valence-corrected chi connectivity index (χ1v) is 7.00. The first kappa shape index (κ1) is 15.7. The monoisotopic (exact) mass is 301 g/mol. The van der Waals surface area contributed by atoms with E-state index < -0.39 is 11.3 Å². The Hall–Kier alpha value is -1.40. The Kier molecular flexibility index (Phi) is 5.98. The fourth-order valence-electron chi connectivity index (χ4n) is 1.29. The van der Waals surface area contributed by atoms with Gasteiger partial charge < -0.3 is 11.1 Å². The fourth-order valence-corrected chi connectivity index (χ4v) is 2.36. The van der Waals surface area contributed by atoms with Crippen molar-refractivity contribution in [2.45, 2.75) is 24.0 Å². The second-order valence-electron chi connectivity index (χ2n) is 3.79. The number of nitrogen functional groups attached to an aromatic ring is 1. The summed E-state index contributed by atoms with van der Waals surface area (Å²) in [5.41, 5.74) is 6.31. The fraction of sp³-hybridized carbons (Fsp3) is 0.333.